The fourth-order valence-corrected chi connectivity index (χ4v) is 5.43. The van der Waals surface area contributed by atoms with Gasteiger partial charge in [0.2, 0.25) is 0 Å². The van der Waals surface area contributed by atoms with Crippen molar-refractivity contribution in [2.45, 2.75) is 27.3 Å². The molecule has 7 nitrogen and oxygen atoms in total. The number of hydrogen-bond acceptors (Lipinski definition) is 7. The lowest BCUT2D eigenvalue weighted by molar-refractivity contribution is 0.311. The molecule has 0 N–H and O–H groups in total. The van der Waals surface area contributed by atoms with Crippen LogP contribution < -0.4 is 4.90 Å². The first kappa shape index (κ1) is 17.8. The van der Waals surface area contributed by atoms with Crippen LogP contribution in [0.25, 0.3) is 5.82 Å². The van der Waals surface area contributed by atoms with Gasteiger partial charge in [0.05, 0.1) is 10.7 Å². The molecule has 3 aromatic heterocycles. The third kappa shape index (κ3) is 3.31. The minimum Gasteiger partial charge on any atom is -0.356 e. The zero-order valence-electron chi connectivity index (χ0n) is 16.5. The van der Waals surface area contributed by atoms with Crippen molar-refractivity contribution in [2.24, 2.45) is 11.8 Å². The van der Waals surface area contributed by atoms with Gasteiger partial charge in [0, 0.05) is 55.6 Å². The normalized spacial score (nSPS) is 22.2. The first-order chi connectivity index (χ1) is 13.5. The van der Waals surface area contributed by atoms with Crippen molar-refractivity contribution in [1.29, 1.82) is 0 Å². The molecule has 5 heterocycles. The van der Waals surface area contributed by atoms with E-state index in [1.807, 2.05) is 29.1 Å². The smallest absolute Gasteiger partial charge is 0.159 e. The van der Waals surface area contributed by atoms with Crippen LogP contribution in [0.3, 0.4) is 0 Å². The van der Waals surface area contributed by atoms with Crippen LogP contribution in [-0.2, 0) is 6.54 Å². The van der Waals surface area contributed by atoms with Gasteiger partial charge >= 0.3 is 0 Å². The Morgan fingerprint density at radius 1 is 0.964 bits per heavy atom. The summed E-state index contributed by atoms with van der Waals surface area (Å²) in [6.07, 6.45) is 3.69. The Morgan fingerprint density at radius 3 is 2.36 bits per heavy atom. The quantitative estimate of drug-likeness (QED) is 0.677. The lowest BCUT2D eigenvalue weighted by Gasteiger charge is -2.22. The summed E-state index contributed by atoms with van der Waals surface area (Å²) in [4.78, 5) is 19.8. The van der Waals surface area contributed by atoms with Gasteiger partial charge in [-0.15, -0.1) is 11.3 Å². The molecule has 2 fully saturated rings. The molecule has 0 radical (unpaired) electrons. The molecule has 146 valence electrons. The van der Waals surface area contributed by atoms with Gasteiger partial charge in [0.1, 0.15) is 12.1 Å². The van der Waals surface area contributed by atoms with Crippen LogP contribution in [0.15, 0.2) is 24.7 Å². The highest BCUT2D eigenvalue weighted by Gasteiger charge is 2.40. The van der Waals surface area contributed by atoms with Crippen molar-refractivity contribution < 1.29 is 0 Å². The summed E-state index contributed by atoms with van der Waals surface area (Å²) >= 11 is 1.81. The van der Waals surface area contributed by atoms with E-state index in [0.717, 1.165) is 60.8 Å². The second-order valence-corrected chi connectivity index (χ2v) is 9.36. The van der Waals surface area contributed by atoms with E-state index in [2.05, 4.69) is 55.8 Å². The predicted octanol–water partition coefficient (Wildman–Crippen LogP) is 2.61. The van der Waals surface area contributed by atoms with Gasteiger partial charge in [-0.1, -0.05) is 0 Å². The van der Waals surface area contributed by atoms with Crippen LogP contribution in [0, 0.1) is 32.6 Å². The van der Waals surface area contributed by atoms with Crippen molar-refractivity contribution in [3.63, 3.8) is 0 Å². The van der Waals surface area contributed by atoms with E-state index in [1.165, 1.54) is 4.88 Å². The fourth-order valence-electron chi connectivity index (χ4n) is 4.59. The molecule has 28 heavy (non-hydrogen) atoms. The van der Waals surface area contributed by atoms with Gasteiger partial charge < -0.3 is 4.90 Å². The second kappa shape index (κ2) is 6.93. The molecule has 8 heteroatoms. The number of aromatic nitrogens is 5. The average molecular weight is 396 g/mol. The van der Waals surface area contributed by atoms with Crippen LogP contribution in [0.1, 0.15) is 21.3 Å². The maximum absolute atomic E-state index is 4.55. The topological polar surface area (TPSA) is 63.0 Å². The SMILES string of the molecule is Cc1cc(C)n(-c2cc(N3CC4CN(Cc5cnc(C)s5)CC4C3)ncn2)n1. The first-order valence-corrected chi connectivity index (χ1v) is 10.6. The van der Waals surface area contributed by atoms with E-state index in [1.54, 1.807) is 6.33 Å². The number of likely N-dealkylation sites (tertiary alicyclic amines) is 1. The molecule has 0 saturated carbocycles. The minimum absolute atomic E-state index is 0.709. The fraction of sp³-hybridized carbons (Fsp3) is 0.500. The first-order valence-electron chi connectivity index (χ1n) is 9.79. The van der Waals surface area contributed by atoms with E-state index < -0.39 is 0 Å². The molecule has 3 aromatic rings. The number of anilines is 1. The van der Waals surface area contributed by atoms with Gasteiger partial charge in [-0.25, -0.2) is 19.6 Å². The molecule has 2 saturated heterocycles. The summed E-state index contributed by atoms with van der Waals surface area (Å²) in [5.41, 5.74) is 2.10. The minimum atomic E-state index is 0.709. The van der Waals surface area contributed by atoms with Crippen molar-refractivity contribution in [3.05, 3.63) is 45.9 Å². The van der Waals surface area contributed by atoms with Crippen LogP contribution in [-0.4, -0.2) is 55.8 Å². The van der Waals surface area contributed by atoms with Gasteiger partial charge in [-0.2, -0.15) is 5.10 Å². The lowest BCUT2D eigenvalue weighted by atomic mass is 10.0. The molecule has 2 aliphatic rings. The summed E-state index contributed by atoms with van der Waals surface area (Å²) in [5.74, 6) is 3.27. The number of fused-ring (bicyclic) bond motifs is 1. The Hall–Kier alpha value is -2.32. The summed E-state index contributed by atoms with van der Waals surface area (Å²) < 4.78 is 1.90. The standard InChI is InChI=1S/C20H25N7S/c1-13-4-14(2)27(24-13)20-5-19(22-12-23-20)26-9-16-7-25(8-17(16)10-26)11-18-6-21-15(3)28-18/h4-6,12,16-17H,7-11H2,1-3H3. The Morgan fingerprint density at radius 2 is 1.71 bits per heavy atom. The molecular formula is C20H25N7S. The van der Waals surface area contributed by atoms with Gasteiger partial charge in [0.25, 0.3) is 0 Å². The van der Waals surface area contributed by atoms with Crippen molar-refractivity contribution in [1.82, 2.24) is 29.6 Å². The molecule has 2 atom stereocenters. The van der Waals surface area contributed by atoms with Crippen LogP contribution in [0.4, 0.5) is 5.82 Å². The number of aryl methyl sites for hydroxylation is 3. The number of nitrogens with zero attached hydrogens (tertiary/aromatic N) is 7. The number of thiazole rings is 1. The Kier molecular flexibility index (Phi) is 4.40. The van der Waals surface area contributed by atoms with Crippen molar-refractivity contribution in [3.8, 4) is 5.82 Å². The summed E-state index contributed by atoms with van der Waals surface area (Å²) in [5, 5.41) is 5.71. The van der Waals surface area contributed by atoms with Crippen LogP contribution in [0.5, 0.6) is 0 Å². The Balaban J connectivity index is 1.27. The van der Waals surface area contributed by atoms with Gasteiger partial charge in [0.15, 0.2) is 5.82 Å². The Labute approximate surface area is 169 Å². The maximum atomic E-state index is 4.55. The molecule has 2 unspecified atom stereocenters. The van der Waals surface area contributed by atoms with E-state index in [4.69, 9.17) is 0 Å². The average Bonchev–Trinajstić information content (AvgIpc) is 3.40. The zero-order valence-corrected chi connectivity index (χ0v) is 17.4. The molecule has 2 aliphatic heterocycles. The van der Waals surface area contributed by atoms with Crippen LogP contribution >= 0.6 is 11.3 Å². The summed E-state index contributed by atoms with van der Waals surface area (Å²) in [6, 6.07) is 4.14. The molecule has 0 aliphatic carbocycles. The van der Waals surface area contributed by atoms with Crippen LogP contribution in [0.2, 0.25) is 0 Å². The Bertz CT molecular complexity index is 980. The highest BCUT2D eigenvalue weighted by atomic mass is 32.1. The largest absolute Gasteiger partial charge is 0.356 e. The monoisotopic (exact) mass is 395 g/mol. The summed E-state index contributed by atoms with van der Waals surface area (Å²) in [6.45, 7) is 11.6. The zero-order chi connectivity index (χ0) is 19.3. The number of rotatable bonds is 4. The summed E-state index contributed by atoms with van der Waals surface area (Å²) in [7, 11) is 0. The third-order valence-electron chi connectivity index (χ3n) is 5.80. The van der Waals surface area contributed by atoms with Crippen molar-refractivity contribution in [2.75, 3.05) is 31.1 Å². The molecule has 0 amide bonds. The predicted molar refractivity (Wildman–Crippen MR) is 110 cm³/mol. The van der Waals surface area contributed by atoms with E-state index in [0.29, 0.717) is 11.8 Å². The lowest BCUT2D eigenvalue weighted by Crippen LogP contribution is -2.29. The van der Waals surface area contributed by atoms with E-state index in [9.17, 15) is 0 Å². The molecule has 0 bridgehead atoms. The highest BCUT2D eigenvalue weighted by molar-refractivity contribution is 7.11. The van der Waals surface area contributed by atoms with Crippen molar-refractivity contribution >= 4 is 17.2 Å². The molecule has 5 rings (SSSR count). The molecule has 0 aromatic carbocycles. The highest BCUT2D eigenvalue weighted by Crippen LogP contribution is 2.34. The van der Waals surface area contributed by atoms with E-state index in [-0.39, 0.29) is 0 Å². The number of hydrogen-bond donors (Lipinski definition) is 0. The third-order valence-corrected chi connectivity index (χ3v) is 6.70. The van der Waals surface area contributed by atoms with E-state index >= 15 is 0 Å². The second-order valence-electron chi connectivity index (χ2n) is 8.04. The molecular weight excluding hydrogens is 370 g/mol. The van der Waals surface area contributed by atoms with Gasteiger partial charge in [-0.05, 0) is 38.7 Å². The van der Waals surface area contributed by atoms with Gasteiger partial charge in [-0.3, -0.25) is 4.90 Å². The maximum Gasteiger partial charge on any atom is 0.159 e. The molecule has 0 spiro atoms.